The quantitative estimate of drug-likeness (QED) is 0.677. The fourth-order valence-electron chi connectivity index (χ4n) is 1.26. The third-order valence-electron chi connectivity index (χ3n) is 1.94. The van der Waals surface area contributed by atoms with Gasteiger partial charge in [0.2, 0.25) is 0 Å². The van der Waals surface area contributed by atoms with E-state index in [-0.39, 0.29) is 6.07 Å². The molecule has 0 aliphatic rings. The van der Waals surface area contributed by atoms with Crippen LogP contribution in [0.4, 0.5) is 26.3 Å². The molecule has 0 N–H and O–H groups in total. The van der Waals surface area contributed by atoms with E-state index < -0.39 is 29.4 Å². The van der Waals surface area contributed by atoms with Crippen molar-refractivity contribution in [1.82, 2.24) is 14.6 Å². The summed E-state index contributed by atoms with van der Waals surface area (Å²) in [5.41, 5.74) is -3.62. The van der Waals surface area contributed by atoms with Crippen LogP contribution >= 0.6 is 0 Å². The van der Waals surface area contributed by atoms with E-state index in [0.29, 0.717) is 4.52 Å². The summed E-state index contributed by atoms with van der Waals surface area (Å²) in [5, 5.41) is 3.28. The Kier molecular flexibility index (Phi) is 2.30. The molecule has 0 aliphatic heterocycles. The number of hydrogen-bond donors (Lipinski definition) is 0. The van der Waals surface area contributed by atoms with Gasteiger partial charge in [-0.15, -0.1) is 0 Å². The maximum atomic E-state index is 12.5. The zero-order valence-electron chi connectivity index (χ0n) is 7.84. The smallest absolute Gasteiger partial charge is 0.224 e. The molecule has 17 heavy (non-hydrogen) atoms. The zero-order valence-corrected chi connectivity index (χ0v) is 7.84. The molecule has 92 valence electrons. The van der Waals surface area contributed by atoms with Gasteiger partial charge in [-0.2, -0.15) is 31.4 Å². The Labute approximate surface area is 89.7 Å². The number of nitrogens with zero attached hydrogens (tertiary/aromatic N) is 3. The minimum absolute atomic E-state index is 0.0694. The molecular formula is C8H3F6N3. The summed E-state index contributed by atoms with van der Waals surface area (Å²) in [5.74, 6) is 0. The fraction of sp³-hybridized carbons (Fsp3) is 0.250. The van der Waals surface area contributed by atoms with Crippen molar-refractivity contribution >= 4 is 5.65 Å². The van der Waals surface area contributed by atoms with E-state index in [9.17, 15) is 26.3 Å². The number of rotatable bonds is 0. The summed E-state index contributed by atoms with van der Waals surface area (Å²) < 4.78 is 74.8. The molecule has 0 atom stereocenters. The van der Waals surface area contributed by atoms with Crippen LogP contribution in [0.25, 0.3) is 5.65 Å². The van der Waals surface area contributed by atoms with Gasteiger partial charge in [-0.3, -0.25) is 0 Å². The third kappa shape index (κ3) is 2.04. The second-order valence-electron chi connectivity index (χ2n) is 3.12. The lowest BCUT2D eigenvalue weighted by Crippen LogP contribution is -2.17. The van der Waals surface area contributed by atoms with Gasteiger partial charge in [-0.25, -0.2) is 9.50 Å². The molecule has 2 aromatic heterocycles. The van der Waals surface area contributed by atoms with E-state index in [1.54, 1.807) is 0 Å². The summed E-state index contributed by atoms with van der Waals surface area (Å²) >= 11 is 0. The zero-order chi connectivity index (χ0) is 12.8. The molecule has 0 unspecified atom stereocenters. The Balaban J connectivity index is 2.76. The molecule has 2 rings (SSSR count). The van der Waals surface area contributed by atoms with Crippen molar-refractivity contribution in [3.63, 3.8) is 0 Å². The van der Waals surface area contributed by atoms with Gasteiger partial charge in [0.1, 0.15) is 5.69 Å². The van der Waals surface area contributed by atoms with Crippen molar-refractivity contribution < 1.29 is 26.3 Å². The van der Waals surface area contributed by atoms with Gasteiger partial charge >= 0.3 is 12.4 Å². The summed E-state index contributed by atoms with van der Waals surface area (Å²) in [6.07, 6.45) is -8.93. The molecule has 0 radical (unpaired) electrons. The Morgan fingerprint density at radius 1 is 1.00 bits per heavy atom. The van der Waals surface area contributed by atoms with Gasteiger partial charge in [0, 0.05) is 6.07 Å². The number of alkyl halides is 6. The minimum Gasteiger partial charge on any atom is -0.224 e. The van der Waals surface area contributed by atoms with Crippen LogP contribution in [0.15, 0.2) is 18.3 Å². The Morgan fingerprint density at radius 3 is 2.18 bits per heavy atom. The highest BCUT2D eigenvalue weighted by atomic mass is 19.4. The van der Waals surface area contributed by atoms with Crippen molar-refractivity contribution in [1.29, 1.82) is 0 Å². The summed E-state index contributed by atoms with van der Waals surface area (Å²) in [6.45, 7) is 0. The lowest BCUT2D eigenvalue weighted by atomic mass is 10.3. The van der Waals surface area contributed by atoms with Crippen molar-refractivity contribution in [2.45, 2.75) is 12.4 Å². The largest absolute Gasteiger partial charge is 0.433 e. The maximum Gasteiger partial charge on any atom is 0.433 e. The van der Waals surface area contributed by atoms with E-state index in [1.165, 1.54) is 0 Å². The predicted molar refractivity (Wildman–Crippen MR) is 43.0 cm³/mol. The minimum atomic E-state index is -4.94. The molecule has 0 aromatic carbocycles. The standard InChI is InChI=1S/C8H3F6N3/c9-7(10,11)4-3-5(8(12,13)14)17-6(16-4)1-2-15-17/h1-3H. The van der Waals surface area contributed by atoms with E-state index in [0.717, 1.165) is 12.3 Å². The normalized spacial score (nSPS) is 13.3. The molecule has 0 fully saturated rings. The third-order valence-corrected chi connectivity index (χ3v) is 1.94. The van der Waals surface area contributed by atoms with Crippen LogP contribution in [-0.2, 0) is 12.4 Å². The topological polar surface area (TPSA) is 30.2 Å². The average Bonchev–Trinajstić information content (AvgIpc) is 2.59. The van der Waals surface area contributed by atoms with E-state index in [4.69, 9.17) is 0 Å². The van der Waals surface area contributed by atoms with Crippen LogP contribution in [0, 0.1) is 0 Å². The van der Waals surface area contributed by atoms with Gasteiger partial charge < -0.3 is 0 Å². The first kappa shape index (κ1) is 11.7. The fourth-order valence-corrected chi connectivity index (χ4v) is 1.26. The monoisotopic (exact) mass is 255 g/mol. The highest BCUT2D eigenvalue weighted by Gasteiger charge is 2.40. The first-order valence-electron chi connectivity index (χ1n) is 4.19. The molecule has 2 heterocycles. The van der Waals surface area contributed by atoms with Crippen LogP contribution in [-0.4, -0.2) is 14.6 Å². The van der Waals surface area contributed by atoms with Crippen LogP contribution in [0.5, 0.6) is 0 Å². The van der Waals surface area contributed by atoms with E-state index in [2.05, 4.69) is 10.1 Å². The van der Waals surface area contributed by atoms with Gasteiger partial charge in [0.05, 0.1) is 6.20 Å². The van der Waals surface area contributed by atoms with E-state index in [1.807, 2.05) is 0 Å². The first-order chi connectivity index (χ1) is 7.69. The lowest BCUT2D eigenvalue weighted by molar-refractivity contribution is -0.148. The van der Waals surface area contributed by atoms with Crippen LogP contribution in [0.3, 0.4) is 0 Å². The van der Waals surface area contributed by atoms with Crippen LogP contribution < -0.4 is 0 Å². The number of aromatic nitrogens is 3. The molecule has 3 nitrogen and oxygen atoms in total. The summed E-state index contributed by atoms with van der Waals surface area (Å²) in [7, 11) is 0. The van der Waals surface area contributed by atoms with Gasteiger partial charge in [0.25, 0.3) is 0 Å². The molecule has 0 aliphatic carbocycles. The van der Waals surface area contributed by atoms with Gasteiger partial charge in [-0.1, -0.05) is 0 Å². The highest BCUT2D eigenvalue weighted by Crippen LogP contribution is 2.34. The van der Waals surface area contributed by atoms with Crippen molar-refractivity contribution in [3.8, 4) is 0 Å². The molecule has 0 spiro atoms. The predicted octanol–water partition coefficient (Wildman–Crippen LogP) is 2.77. The van der Waals surface area contributed by atoms with E-state index >= 15 is 0 Å². The van der Waals surface area contributed by atoms with Crippen molar-refractivity contribution in [2.75, 3.05) is 0 Å². The number of halogens is 6. The van der Waals surface area contributed by atoms with Gasteiger partial charge in [-0.05, 0) is 6.07 Å². The Morgan fingerprint density at radius 2 is 1.65 bits per heavy atom. The summed E-state index contributed by atoms with van der Waals surface area (Å²) in [4.78, 5) is 3.06. The molecule has 0 bridgehead atoms. The van der Waals surface area contributed by atoms with Gasteiger partial charge in [0.15, 0.2) is 11.3 Å². The Hall–Kier alpha value is -1.80. The number of hydrogen-bond acceptors (Lipinski definition) is 2. The molecule has 0 amide bonds. The lowest BCUT2D eigenvalue weighted by Gasteiger charge is -2.12. The molecule has 9 heteroatoms. The van der Waals surface area contributed by atoms with Crippen molar-refractivity contribution in [3.05, 3.63) is 29.7 Å². The first-order valence-corrected chi connectivity index (χ1v) is 4.19. The van der Waals surface area contributed by atoms with Crippen LogP contribution in [0.1, 0.15) is 11.4 Å². The molecular weight excluding hydrogens is 252 g/mol. The SMILES string of the molecule is FC(F)(F)c1cc(C(F)(F)F)n2nccc2n1. The van der Waals surface area contributed by atoms with Crippen molar-refractivity contribution in [2.24, 2.45) is 0 Å². The molecule has 0 saturated heterocycles. The Bertz CT molecular complexity index is 552. The summed E-state index contributed by atoms with van der Waals surface area (Å²) in [6, 6.07) is 0.893. The second-order valence-corrected chi connectivity index (χ2v) is 3.12. The second kappa shape index (κ2) is 3.34. The van der Waals surface area contributed by atoms with Crippen LogP contribution in [0.2, 0.25) is 0 Å². The molecule has 0 saturated carbocycles. The average molecular weight is 255 g/mol. The highest BCUT2D eigenvalue weighted by molar-refractivity contribution is 5.40. The molecule has 2 aromatic rings. The number of fused-ring (bicyclic) bond motifs is 1. The maximum absolute atomic E-state index is 12.5.